The first kappa shape index (κ1) is 14.2. The SMILES string of the molecule is CC1O[C@](C)(OCCCS)C(O)C(O)[C@@H]1O. The van der Waals surface area contributed by atoms with Gasteiger partial charge in [-0.05, 0) is 26.0 Å². The van der Waals surface area contributed by atoms with Crippen molar-refractivity contribution in [1.82, 2.24) is 0 Å². The lowest BCUT2D eigenvalue weighted by molar-refractivity contribution is -0.350. The summed E-state index contributed by atoms with van der Waals surface area (Å²) in [4.78, 5) is 0. The van der Waals surface area contributed by atoms with E-state index in [1.54, 1.807) is 13.8 Å². The van der Waals surface area contributed by atoms with Gasteiger partial charge in [0, 0.05) is 0 Å². The zero-order chi connectivity index (χ0) is 12.3. The van der Waals surface area contributed by atoms with E-state index >= 15 is 0 Å². The summed E-state index contributed by atoms with van der Waals surface area (Å²) in [5, 5.41) is 29.0. The molecular formula is C10H20O5S. The van der Waals surface area contributed by atoms with E-state index in [0.29, 0.717) is 12.4 Å². The predicted molar refractivity (Wildman–Crippen MR) is 61.4 cm³/mol. The maximum atomic E-state index is 9.81. The van der Waals surface area contributed by atoms with Gasteiger partial charge in [0.1, 0.15) is 18.3 Å². The summed E-state index contributed by atoms with van der Waals surface area (Å²) in [7, 11) is 0. The van der Waals surface area contributed by atoms with Crippen molar-refractivity contribution in [3.8, 4) is 0 Å². The lowest BCUT2D eigenvalue weighted by atomic mass is 9.94. The third-order valence-electron chi connectivity index (χ3n) is 2.80. The van der Waals surface area contributed by atoms with E-state index in [1.807, 2.05) is 0 Å². The van der Waals surface area contributed by atoms with Crippen molar-refractivity contribution in [3.63, 3.8) is 0 Å². The predicted octanol–water partition coefficient (Wildman–Crippen LogP) is -0.460. The van der Waals surface area contributed by atoms with Crippen LogP contribution in [-0.2, 0) is 9.47 Å². The van der Waals surface area contributed by atoms with Crippen LogP contribution in [0.5, 0.6) is 0 Å². The van der Waals surface area contributed by atoms with Gasteiger partial charge in [0.15, 0.2) is 5.79 Å². The van der Waals surface area contributed by atoms with Crippen molar-refractivity contribution >= 4 is 12.6 Å². The molecular weight excluding hydrogens is 232 g/mol. The molecule has 1 rings (SSSR count). The Bertz CT molecular complexity index is 227. The van der Waals surface area contributed by atoms with E-state index in [2.05, 4.69) is 12.6 Å². The number of thiol groups is 1. The van der Waals surface area contributed by atoms with Gasteiger partial charge in [-0.1, -0.05) is 0 Å². The van der Waals surface area contributed by atoms with Crippen LogP contribution in [0.3, 0.4) is 0 Å². The summed E-state index contributed by atoms with van der Waals surface area (Å²) in [6.45, 7) is 3.56. The van der Waals surface area contributed by atoms with Gasteiger partial charge in [-0.2, -0.15) is 12.6 Å². The molecule has 0 spiro atoms. The Morgan fingerprint density at radius 2 is 1.94 bits per heavy atom. The van der Waals surface area contributed by atoms with Crippen LogP contribution in [-0.4, -0.2) is 57.9 Å². The van der Waals surface area contributed by atoms with Crippen LogP contribution in [0.25, 0.3) is 0 Å². The molecule has 1 saturated heterocycles. The molecule has 1 heterocycles. The molecule has 0 aromatic heterocycles. The standard InChI is InChI=1S/C10H20O5S/c1-6-7(11)8(12)9(13)10(2,15-6)14-4-3-5-16/h6-9,11-13,16H,3-5H2,1-2H3/t6?,7-,8?,9?,10+/m1/s1. The van der Waals surface area contributed by atoms with E-state index in [1.165, 1.54) is 0 Å². The molecule has 0 aliphatic carbocycles. The van der Waals surface area contributed by atoms with Crippen LogP contribution >= 0.6 is 12.6 Å². The van der Waals surface area contributed by atoms with Gasteiger partial charge >= 0.3 is 0 Å². The number of hydrogen-bond acceptors (Lipinski definition) is 6. The first-order valence-electron chi connectivity index (χ1n) is 5.39. The minimum absolute atomic E-state index is 0.382. The summed E-state index contributed by atoms with van der Waals surface area (Å²) < 4.78 is 10.8. The van der Waals surface area contributed by atoms with Crippen molar-refractivity contribution in [2.75, 3.05) is 12.4 Å². The van der Waals surface area contributed by atoms with Crippen molar-refractivity contribution in [2.24, 2.45) is 0 Å². The molecule has 1 aliphatic rings. The van der Waals surface area contributed by atoms with Gasteiger partial charge in [0.2, 0.25) is 0 Å². The third-order valence-corrected chi connectivity index (χ3v) is 3.12. The molecule has 1 fully saturated rings. The highest BCUT2D eigenvalue weighted by Crippen LogP contribution is 2.30. The summed E-state index contributed by atoms with van der Waals surface area (Å²) in [5.74, 6) is -0.603. The van der Waals surface area contributed by atoms with E-state index in [0.717, 1.165) is 6.42 Å². The fraction of sp³-hybridized carbons (Fsp3) is 1.00. The minimum atomic E-state index is -1.28. The van der Waals surface area contributed by atoms with Gasteiger partial charge in [-0.25, -0.2) is 0 Å². The molecule has 5 atom stereocenters. The molecule has 0 aromatic carbocycles. The van der Waals surface area contributed by atoms with E-state index < -0.39 is 30.2 Å². The highest BCUT2D eigenvalue weighted by molar-refractivity contribution is 7.80. The van der Waals surface area contributed by atoms with Gasteiger partial charge in [-0.15, -0.1) is 0 Å². The second kappa shape index (κ2) is 5.66. The molecule has 96 valence electrons. The minimum Gasteiger partial charge on any atom is -0.388 e. The zero-order valence-electron chi connectivity index (χ0n) is 9.54. The Hall–Kier alpha value is 0.150. The zero-order valence-corrected chi connectivity index (χ0v) is 10.4. The lowest BCUT2D eigenvalue weighted by Crippen LogP contribution is -2.63. The Labute approximate surface area is 101 Å². The Balaban J connectivity index is 2.63. The topological polar surface area (TPSA) is 79.2 Å². The normalized spacial score (nSPS) is 44.6. The molecule has 0 saturated carbocycles. The molecule has 3 unspecified atom stereocenters. The van der Waals surface area contributed by atoms with E-state index in [9.17, 15) is 15.3 Å². The van der Waals surface area contributed by atoms with Crippen LogP contribution in [0.4, 0.5) is 0 Å². The number of ether oxygens (including phenoxy) is 2. The van der Waals surface area contributed by atoms with Gasteiger partial charge < -0.3 is 24.8 Å². The largest absolute Gasteiger partial charge is 0.388 e. The quantitative estimate of drug-likeness (QED) is 0.402. The second-order valence-corrected chi connectivity index (χ2v) is 4.64. The van der Waals surface area contributed by atoms with Gasteiger partial charge in [-0.3, -0.25) is 0 Å². The van der Waals surface area contributed by atoms with Crippen LogP contribution in [0.1, 0.15) is 20.3 Å². The lowest BCUT2D eigenvalue weighted by Gasteiger charge is -2.45. The fourth-order valence-corrected chi connectivity index (χ4v) is 1.87. The van der Waals surface area contributed by atoms with Crippen molar-refractivity contribution in [3.05, 3.63) is 0 Å². The second-order valence-electron chi connectivity index (χ2n) is 4.19. The Morgan fingerprint density at radius 1 is 1.31 bits per heavy atom. The number of aliphatic hydroxyl groups excluding tert-OH is 3. The molecule has 3 N–H and O–H groups in total. The van der Waals surface area contributed by atoms with Crippen LogP contribution in [0.2, 0.25) is 0 Å². The third kappa shape index (κ3) is 2.88. The van der Waals surface area contributed by atoms with Gasteiger partial charge in [0.25, 0.3) is 0 Å². The fourth-order valence-electron chi connectivity index (χ4n) is 1.74. The van der Waals surface area contributed by atoms with E-state index in [4.69, 9.17) is 9.47 Å². The molecule has 0 bridgehead atoms. The summed E-state index contributed by atoms with van der Waals surface area (Å²) >= 11 is 4.05. The summed E-state index contributed by atoms with van der Waals surface area (Å²) in [5.41, 5.74) is 0. The van der Waals surface area contributed by atoms with Crippen molar-refractivity contribution < 1.29 is 24.8 Å². The molecule has 16 heavy (non-hydrogen) atoms. The maximum absolute atomic E-state index is 9.81. The highest BCUT2D eigenvalue weighted by Gasteiger charge is 2.50. The van der Waals surface area contributed by atoms with E-state index in [-0.39, 0.29) is 0 Å². The maximum Gasteiger partial charge on any atom is 0.194 e. The van der Waals surface area contributed by atoms with Crippen molar-refractivity contribution in [2.45, 2.75) is 50.5 Å². The molecule has 0 radical (unpaired) electrons. The molecule has 0 aromatic rings. The summed E-state index contributed by atoms with van der Waals surface area (Å²) in [6, 6.07) is 0. The van der Waals surface area contributed by atoms with Crippen LogP contribution in [0.15, 0.2) is 0 Å². The average molecular weight is 252 g/mol. The monoisotopic (exact) mass is 252 g/mol. The molecule has 1 aliphatic heterocycles. The van der Waals surface area contributed by atoms with Gasteiger partial charge in [0.05, 0.1) is 12.7 Å². The average Bonchev–Trinajstić information content (AvgIpc) is 2.24. The molecule has 6 heteroatoms. The number of rotatable bonds is 4. The number of aliphatic hydroxyl groups is 3. The smallest absolute Gasteiger partial charge is 0.194 e. The van der Waals surface area contributed by atoms with Crippen LogP contribution in [0, 0.1) is 0 Å². The number of hydrogen-bond donors (Lipinski definition) is 4. The Kier molecular flexibility index (Phi) is 5.03. The Morgan fingerprint density at radius 3 is 2.50 bits per heavy atom. The molecule has 0 amide bonds. The summed E-state index contributed by atoms with van der Waals surface area (Å²) in [6.07, 6.45) is -3.48. The van der Waals surface area contributed by atoms with Crippen LogP contribution < -0.4 is 0 Å². The first-order chi connectivity index (χ1) is 7.42. The molecule has 5 nitrogen and oxygen atoms in total. The van der Waals surface area contributed by atoms with Crippen molar-refractivity contribution in [1.29, 1.82) is 0 Å². The first-order valence-corrected chi connectivity index (χ1v) is 6.02. The highest BCUT2D eigenvalue weighted by atomic mass is 32.1.